The third-order valence-electron chi connectivity index (χ3n) is 3.06. The molecule has 0 radical (unpaired) electrons. The normalized spacial score (nSPS) is 16.8. The highest BCUT2D eigenvalue weighted by Gasteiger charge is 2.38. The summed E-state index contributed by atoms with van der Waals surface area (Å²) >= 11 is 0. The van der Waals surface area contributed by atoms with Crippen molar-refractivity contribution in [3.05, 3.63) is 24.0 Å². The van der Waals surface area contributed by atoms with Crippen LogP contribution in [0, 0.1) is 5.92 Å². The van der Waals surface area contributed by atoms with Gasteiger partial charge in [-0.05, 0) is 30.9 Å². The topological polar surface area (TPSA) is 71.3 Å². The Bertz CT molecular complexity index is 520. The Balaban J connectivity index is 2.09. The second kappa shape index (κ2) is 5.18. The largest absolute Gasteiger partial charge is 0.480 e. The molecular weight excluding hydrogens is 277 g/mol. The molecule has 1 heterocycles. The van der Waals surface area contributed by atoms with Gasteiger partial charge in [-0.15, -0.1) is 0 Å². The fourth-order valence-electron chi connectivity index (χ4n) is 1.98. The van der Waals surface area contributed by atoms with E-state index >= 15 is 0 Å². The van der Waals surface area contributed by atoms with E-state index in [2.05, 4.69) is 5.32 Å². The zero-order chi connectivity index (χ0) is 14.9. The molecule has 8 heteroatoms. The number of nitrogens with zero attached hydrogens (tertiary/aromatic N) is 1. The molecule has 1 fully saturated rings. The number of carbonyl (C=O) groups excluding carboxylic acids is 1. The van der Waals surface area contributed by atoms with E-state index in [-0.39, 0.29) is 11.6 Å². The van der Waals surface area contributed by atoms with E-state index in [4.69, 9.17) is 5.11 Å². The van der Waals surface area contributed by atoms with Gasteiger partial charge in [0, 0.05) is 6.20 Å². The van der Waals surface area contributed by atoms with E-state index < -0.39 is 30.6 Å². The summed E-state index contributed by atoms with van der Waals surface area (Å²) in [5, 5.41) is 11.3. The van der Waals surface area contributed by atoms with E-state index in [9.17, 15) is 22.8 Å². The van der Waals surface area contributed by atoms with Gasteiger partial charge in [-0.25, -0.2) is 4.79 Å². The lowest BCUT2D eigenvalue weighted by molar-refractivity contribution is -0.141. The molecular formula is C12H13F3N2O3. The van der Waals surface area contributed by atoms with Crippen molar-refractivity contribution in [2.45, 2.75) is 31.6 Å². The zero-order valence-corrected chi connectivity index (χ0v) is 10.4. The standard InChI is InChI=1S/C12H13F3N2O3/c13-12(14,15)6-17-5-1-2-8(17)10(18)16-9(11(19)20)7-3-4-7/h1-2,5,7,9H,3-4,6H2,(H,16,18)(H,19,20). The third-order valence-corrected chi connectivity index (χ3v) is 3.06. The van der Waals surface area contributed by atoms with Crippen LogP contribution in [0.5, 0.6) is 0 Å². The van der Waals surface area contributed by atoms with Crippen molar-refractivity contribution in [1.29, 1.82) is 0 Å². The minimum absolute atomic E-state index is 0.137. The van der Waals surface area contributed by atoms with Crippen molar-refractivity contribution in [2.75, 3.05) is 0 Å². The first-order valence-corrected chi connectivity index (χ1v) is 6.03. The molecule has 20 heavy (non-hydrogen) atoms. The van der Waals surface area contributed by atoms with Crippen LogP contribution in [-0.2, 0) is 11.3 Å². The average Bonchev–Trinajstić information content (AvgIpc) is 3.04. The first-order chi connectivity index (χ1) is 9.28. The van der Waals surface area contributed by atoms with Crippen molar-refractivity contribution in [2.24, 2.45) is 5.92 Å². The molecule has 0 saturated heterocycles. The van der Waals surface area contributed by atoms with Gasteiger partial charge in [-0.1, -0.05) is 0 Å². The van der Waals surface area contributed by atoms with Gasteiger partial charge in [0.25, 0.3) is 5.91 Å². The van der Waals surface area contributed by atoms with Crippen LogP contribution in [0.15, 0.2) is 18.3 Å². The number of hydrogen-bond donors (Lipinski definition) is 2. The van der Waals surface area contributed by atoms with Gasteiger partial charge in [0.2, 0.25) is 0 Å². The molecule has 2 N–H and O–H groups in total. The lowest BCUT2D eigenvalue weighted by atomic mass is 10.2. The molecule has 110 valence electrons. The second-order valence-corrected chi connectivity index (χ2v) is 4.76. The maximum Gasteiger partial charge on any atom is 0.406 e. The summed E-state index contributed by atoms with van der Waals surface area (Å²) in [5.74, 6) is -2.11. The lowest BCUT2D eigenvalue weighted by Crippen LogP contribution is -2.43. The number of alkyl halides is 3. The molecule has 0 bridgehead atoms. The predicted octanol–water partition coefficient (Wildman–Crippen LogP) is 1.64. The van der Waals surface area contributed by atoms with Gasteiger partial charge in [0.15, 0.2) is 0 Å². The molecule has 1 aliphatic carbocycles. The first-order valence-electron chi connectivity index (χ1n) is 6.03. The van der Waals surface area contributed by atoms with Gasteiger partial charge < -0.3 is 15.0 Å². The number of carbonyl (C=O) groups is 2. The van der Waals surface area contributed by atoms with Crippen LogP contribution in [0.4, 0.5) is 13.2 Å². The molecule has 1 unspecified atom stereocenters. The van der Waals surface area contributed by atoms with Gasteiger partial charge in [0.1, 0.15) is 18.3 Å². The average molecular weight is 290 g/mol. The number of aliphatic carboxylic acids is 1. The number of rotatable bonds is 5. The lowest BCUT2D eigenvalue weighted by Gasteiger charge is -2.15. The van der Waals surface area contributed by atoms with Gasteiger partial charge in [-0.2, -0.15) is 13.2 Å². The summed E-state index contributed by atoms with van der Waals surface area (Å²) in [6.45, 7) is -1.29. The molecule has 1 atom stereocenters. The fourth-order valence-corrected chi connectivity index (χ4v) is 1.98. The van der Waals surface area contributed by atoms with Crippen molar-refractivity contribution < 1.29 is 27.9 Å². The summed E-state index contributed by atoms with van der Waals surface area (Å²) in [7, 11) is 0. The Kier molecular flexibility index (Phi) is 3.74. The van der Waals surface area contributed by atoms with Crippen LogP contribution < -0.4 is 5.32 Å². The Morgan fingerprint density at radius 1 is 1.45 bits per heavy atom. The molecule has 5 nitrogen and oxygen atoms in total. The maximum absolute atomic E-state index is 12.3. The van der Waals surface area contributed by atoms with Crippen molar-refractivity contribution in [3.8, 4) is 0 Å². The quantitative estimate of drug-likeness (QED) is 0.866. The monoisotopic (exact) mass is 290 g/mol. The SMILES string of the molecule is O=C(NC(C(=O)O)C1CC1)c1cccn1CC(F)(F)F. The van der Waals surface area contributed by atoms with Gasteiger partial charge >= 0.3 is 12.1 Å². The molecule has 0 aliphatic heterocycles. The van der Waals surface area contributed by atoms with Crippen molar-refractivity contribution in [1.82, 2.24) is 9.88 Å². The van der Waals surface area contributed by atoms with Crippen LogP contribution in [-0.4, -0.2) is 33.8 Å². The number of hydrogen-bond acceptors (Lipinski definition) is 2. The smallest absolute Gasteiger partial charge is 0.406 e. The third kappa shape index (κ3) is 3.52. The predicted molar refractivity (Wildman–Crippen MR) is 62.1 cm³/mol. The number of nitrogens with one attached hydrogen (secondary N) is 1. The minimum Gasteiger partial charge on any atom is -0.480 e. The first kappa shape index (κ1) is 14.4. The second-order valence-electron chi connectivity index (χ2n) is 4.76. The highest BCUT2D eigenvalue weighted by Crippen LogP contribution is 2.33. The number of carboxylic acid groups (broad SMARTS) is 1. The molecule has 1 aliphatic rings. The summed E-state index contributed by atoms with van der Waals surface area (Å²) in [6, 6.07) is 1.50. The molecule has 0 aromatic carbocycles. The Morgan fingerprint density at radius 2 is 2.10 bits per heavy atom. The molecule has 1 aromatic heterocycles. The van der Waals surface area contributed by atoms with E-state index in [0.717, 1.165) is 10.8 Å². The summed E-state index contributed by atoms with van der Waals surface area (Å²) in [6.07, 6.45) is -1.92. The van der Waals surface area contributed by atoms with Gasteiger partial charge in [0.05, 0.1) is 0 Å². The summed E-state index contributed by atoms with van der Waals surface area (Å²) in [5.41, 5.74) is -0.200. The van der Waals surface area contributed by atoms with E-state index in [1.807, 2.05) is 0 Å². The van der Waals surface area contributed by atoms with Crippen molar-refractivity contribution in [3.63, 3.8) is 0 Å². The highest BCUT2D eigenvalue weighted by molar-refractivity contribution is 5.95. The van der Waals surface area contributed by atoms with Crippen LogP contribution in [0.25, 0.3) is 0 Å². The van der Waals surface area contributed by atoms with Crippen LogP contribution >= 0.6 is 0 Å². The zero-order valence-electron chi connectivity index (χ0n) is 10.4. The molecule has 1 saturated carbocycles. The van der Waals surface area contributed by atoms with Crippen LogP contribution in [0.1, 0.15) is 23.3 Å². The van der Waals surface area contributed by atoms with E-state index in [0.29, 0.717) is 12.8 Å². The molecule has 1 amide bonds. The highest BCUT2D eigenvalue weighted by atomic mass is 19.4. The van der Waals surface area contributed by atoms with Crippen LogP contribution in [0.2, 0.25) is 0 Å². The number of aromatic nitrogens is 1. The summed E-state index contributed by atoms with van der Waals surface area (Å²) < 4.78 is 37.8. The van der Waals surface area contributed by atoms with Crippen molar-refractivity contribution >= 4 is 11.9 Å². The van der Waals surface area contributed by atoms with E-state index in [1.165, 1.54) is 12.1 Å². The number of carboxylic acids is 1. The van der Waals surface area contributed by atoms with Gasteiger partial charge in [-0.3, -0.25) is 4.79 Å². The Hall–Kier alpha value is -1.99. The maximum atomic E-state index is 12.3. The number of halogens is 3. The fraction of sp³-hybridized carbons (Fsp3) is 0.500. The summed E-state index contributed by atoms with van der Waals surface area (Å²) in [4.78, 5) is 22.9. The number of amides is 1. The Labute approximate surface area is 112 Å². The molecule has 0 spiro atoms. The molecule has 1 aromatic rings. The molecule has 2 rings (SSSR count). The van der Waals surface area contributed by atoms with E-state index in [1.54, 1.807) is 0 Å². The van der Waals surface area contributed by atoms with Crippen LogP contribution in [0.3, 0.4) is 0 Å². The minimum atomic E-state index is -4.45. The Morgan fingerprint density at radius 3 is 2.60 bits per heavy atom.